The highest BCUT2D eigenvalue weighted by Gasteiger charge is 2.21. The van der Waals surface area contributed by atoms with Crippen molar-refractivity contribution >= 4 is 5.78 Å². The van der Waals surface area contributed by atoms with E-state index in [1.54, 1.807) is 12.1 Å². The van der Waals surface area contributed by atoms with E-state index in [1.807, 2.05) is 12.1 Å². The molecule has 0 saturated carbocycles. The number of carbonyl (C=O) groups is 1. The van der Waals surface area contributed by atoms with Gasteiger partial charge < -0.3 is 0 Å². The molecule has 5 heteroatoms. The summed E-state index contributed by atoms with van der Waals surface area (Å²) in [6, 6.07) is 6.96. The van der Waals surface area contributed by atoms with Gasteiger partial charge in [0.1, 0.15) is 12.7 Å². The molecule has 1 aromatic heterocycles. The van der Waals surface area contributed by atoms with Crippen LogP contribution in [0.2, 0.25) is 0 Å². The van der Waals surface area contributed by atoms with Gasteiger partial charge >= 0.3 is 0 Å². The molecule has 1 atom stereocenters. The first kappa shape index (κ1) is 12.4. The van der Waals surface area contributed by atoms with Crippen molar-refractivity contribution in [1.82, 2.24) is 14.8 Å². The fourth-order valence-electron chi connectivity index (χ4n) is 1.62. The van der Waals surface area contributed by atoms with Gasteiger partial charge in [-0.15, -0.1) is 0 Å². The van der Waals surface area contributed by atoms with Crippen LogP contribution in [-0.2, 0) is 0 Å². The Labute approximate surface area is 104 Å². The maximum atomic E-state index is 13.8. The van der Waals surface area contributed by atoms with Crippen LogP contribution >= 0.6 is 0 Å². The van der Waals surface area contributed by atoms with E-state index in [9.17, 15) is 9.18 Å². The first-order valence-corrected chi connectivity index (χ1v) is 5.72. The van der Waals surface area contributed by atoms with Crippen molar-refractivity contribution < 1.29 is 9.18 Å². The SMILES string of the molecule is CC(C)c1ccc(C(=O)C(F)n2cncn2)cc1. The molecule has 4 nitrogen and oxygen atoms in total. The average molecular weight is 247 g/mol. The normalized spacial score (nSPS) is 12.7. The van der Waals surface area contributed by atoms with Crippen LogP contribution in [0.5, 0.6) is 0 Å². The molecule has 0 saturated heterocycles. The standard InChI is InChI=1S/C13H14FN3O/c1-9(2)10-3-5-11(6-4-10)12(18)13(14)17-8-15-7-16-17/h3-9,13H,1-2H3. The Balaban J connectivity index is 2.19. The van der Waals surface area contributed by atoms with Crippen LogP contribution in [0.4, 0.5) is 4.39 Å². The van der Waals surface area contributed by atoms with Gasteiger partial charge in [0.05, 0.1) is 0 Å². The summed E-state index contributed by atoms with van der Waals surface area (Å²) in [5, 5.41) is 3.62. The smallest absolute Gasteiger partial charge is 0.255 e. The lowest BCUT2D eigenvalue weighted by Crippen LogP contribution is -2.16. The molecule has 94 valence electrons. The van der Waals surface area contributed by atoms with Gasteiger partial charge in [-0.05, 0) is 11.5 Å². The monoisotopic (exact) mass is 247 g/mol. The predicted molar refractivity (Wildman–Crippen MR) is 65.0 cm³/mol. The molecule has 2 rings (SSSR count). The van der Waals surface area contributed by atoms with Crippen molar-refractivity contribution in [2.45, 2.75) is 26.1 Å². The summed E-state index contributed by atoms with van der Waals surface area (Å²) >= 11 is 0. The van der Waals surface area contributed by atoms with E-state index in [0.717, 1.165) is 10.2 Å². The van der Waals surface area contributed by atoms with Crippen molar-refractivity contribution in [1.29, 1.82) is 0 Å². The molecule has 0 aliphatic carbocycles. The van der Waals surface area contributed by atoms with Gasteiger partial charge in [-0.1, -0.05) is 38.1 Å². The maximum Gasteiger partial charge on any atom is 0.255 e. The Morgan fingerprint density at radius 3 is 2.44 bits per heavy atom. The molecule has 1 aromatic carbocycles. The van der Waals surface area contributed by atoms with Gasteiger partial charge in [-0.25, -0.2) is 14.1 Å². The van der Waals surface area contributed by atoms with Crippen LogP contribution in [0.3, 0.4) is 0 Å². The minimum absolute atomic E-state index is 0.336. The quantitative estimate of drug-likeness (QED) is 0.780. The molecule has 18 heavy (non-hydrogen) atoms. The molecule has 1 heterocycles. The molecule has 0 spiro atoms. The van der Waals surface area contributed by atoms with E-state index in [1.165, 1.54) is 12.7 Å². The van der Waals surface area contributed by atoms with Gasteiger partial charge in [0.2, 0.25) is 5.78 Å². The summed E-state index contributed by atoms with van der Waals surface area (Å²) in [5.74, 6) is -0.235. The number of hydrogen-bond donors (Lipinski definition) is 0. The van der Waals surface area contributed by atoms with Gasteiger partial charge in [-0.2, -0.15) is 5.10 Å². The number of Topliss-reactive ketones (excluding diaryl/α,β-unsaturated/α-hetero) is 1. The highest BCUT2D eigenvalue weighted by atomic mass is 19.1. The zero-order valence-electron chi connectivity index (χ0n) is 10.2. The lowest BCUT2D eigenvalue weighted by atomic mass is 10.0. The highest BCUT2D eigenvalue weighted by Crippen LogP contribution is 2.18. The Morgan fingerprint density at radius 2 is 1.94 bits per heavy atom. The summed E-state index contributed by atoms with van der Waals surface area (Å²) in [7, 11) is 0. The zero-order chi connectivity index (χ0) is 13.1. The van der Waals surface area contributed by atoms with Crippen LogP contribution in [0, 0.1) is 0 Å². The second-order valence-corrected chi connectivity index (χ2v) is 4.35. The van der Waals surface area contributed by atoms with Gasteiger partial charge in [0, 0.05) is 5.56 Å². The van der Waals surface area contributed by atoms with E-state index in [-0.39, 0.29) is 0 Å². The summed E-state index contributed by atoms with van der Waals surface area (Å²) in [6.07, 6.45) is 0.560. The molecule has 0 N–H and O–H groups in total. The number of halogens is 1. The van der Waals surface area contributed by atoms with Crippen LogP contribution in [0.1, 0.15) is 42.0 Å². The van der Waals surface area contributed by atoms with Crippen molar-refractivity contribution in [2.75, 3.05) is 0 Å². The third-order valence-corrected chi connectivity index (χ3v) is 2.75. The fourth-order valence-corrected chi connectivity index (χ4v) is 1.62. The number of alkyl halides is 1. The molecule has 0 amide bonds. The van der Waals surface area contributed by atoms with Gasteiger partial charge in [0.15, 0.2) is 0 Å². The van der Waals surface area contributed by atoms with E-state index in [2.05, 4.69) is 23.9 Å². The molecule has 0 aliphatic heterocycles. The molecule has 2 aromatic rings. The van der Waals surface area contributed by atoms with Gasteiger partial charge in [0.25, 0.3) is 6.30 Å². The summed E-state index contributed by atoms with van der Waals surface area (Å²) in [6.45, 7) is 4.12. The number of benzene rings is 1. The zero-order valence-corrected chi connectivity index (χ0v) is 10.2. The molecule has 0 aliphatic rings. The first-order chi connectivity index (χ1) is 8.59. The Morgan fingerprint density at radius 1 is 1.28 bits per heavy atom. The summed E-state index contributed by atoms with van der Waals surface area (Å²) < 4.78 is 14.7. The number of ketones is 1. The number of aromatic nitrogens is 3. The van der Waals surface area contributed by atoms with Crippen LogP contribution in [0.25, 0.3) is 0 Å². The fraction of sp³-hybridized carbons (Fsp3) is 0.308. The summed E-state index contributed by atoms with van der Waals surface area (Å²) in [5.41, 5.74) is 1.45. The van der Waals surface area contributed by atoms with E-state index in [4.69, 9.17) is 0 Å². The number of carbonyl (C=O) groups excluding carboxylic acids is 1. The minimum Gasteiger partial charge on any atom is -0.289 e. The number of rotatable bonds is 4. The number of nitrogens with zero attached hydrogens (tertiary/aromatic N) is 3. The van der Waals surface area contributed by atoms with Crippen molar-refractivity contribution in [3.63, 3.8) is 0 Å². The maximum absolute atomic E-state index is 13.8. The number of hydrogen-bond acceptors (Lipinski definition) is 3. The van der Waals surface area contributed by atoms with E-state index in [0.29, 0.717) is 11.5 Å². The second-order valence-electron chi connectivity index (χ2n) is 4.35. The predicted octanol–water partition coefficient (Wildman–Crippen LogP) is 2.75. The van der Waals surface area contributed by atoms with E-state index >= 15 is 0 Å². The Kier molecular flexibility index (Phi) is 3.50. The third kappa shape index (κ3) is 2.45. The first-order valence-electron chi connectivity index (χ1n) is 5.72. The molecule has 1 unspecified atom stereocenters. The molecule has 0 fully saturated rings. The van der Waals surface area contributed by atoms with E-state index < -0.39 is 12.1 Å². The van der Waals surface area contributed by atoms with Crippen molar-refractivity contribution in [2.24, 2.45) is 0 Å². The summed E-state index contributed by atoms with van der Waals surface area (Å²) in [4.78, 5) is 15.5. The Hall–Kier alpha value is -2.04. The van der Waals surface area contributed by atoms with Crippen molar-refractivity contribution in [3.8, 4) is 0 Å². The van der Waals surface area contributed by atoms with Crippen LogP contribution in [-0.4, -0.2) is 20.5 Å². The third-order valence-electron chi connectivity index (χ3n) is 2.75. The molecule has 0 bridgehead atoms. The van der Waals surface area contributed by atoms with Crippen LogP contribution < -0.4 is 0 Å². The lowest BCUT2D eigenvalue weighted by molar-refractivity contribution is 0.0778. The van der Waals surface area contributed by atoms with Crippen LogP contribution in [0.15, 0.2) is 36.9 Å². The molecular formula is C13H14FN3O. The average Bonchev–Trinajstić information content (AvgIpc) is 2.91. The second kappa shape index (κ2) is 5.08. The minimum atomic E-state index is -1.82. The molecular weight excluding hydrogens is 233 g/mol. The van der Waals surface area contributed by atoms with Gasteiger partial charge in [-0.3, -0.25) is 4.79 Å². The Bertz CT molecular complexity index is 520. The largest absolute Gasteiger partial charge is 0.289 e. The molecule has 0 radical (unpaired) electrons. The highest BCUT2D eigenvalue weighted by molar-refractivity contribution is 5.98. The lowest BCUT2D eigenvalue weighted by Gasteiger charge is -2.09. The van der Waals surface area contributed by atoms with Crippen molar-refractivity contribution in [3.05, 3.63) is 48.0 Å². The topological polar surface area (TPSA) is 47.8 Å².